The number of rotatable bonds is 6. The number of fused-ring (bicyclic) bond motifs is 1. The predicted molar refractivity (Wildman–Crippen MR) is 127 cm³/mol. The largest absolute Gasteiger partial charge is 0.494 e. The van der Waals surface area contributed by atoms with E-state index in [-0.39, 0.29) is 17.1 Å². The fourth-order valence-electron chi connectivity index (χ4n) is 3.74. The lowest BCUT2D eigenvalue weighted by Gasteiger charge is -2.12. The van der Waals surface area contributed by atoms with Crippen LogP contribution in [0.1, 0.15) is 29.1 Å². The summed E-state index contributed by atoms with van der Waals surface area (Å²) in [6, 6.07) is 12.0. The van der Waals surface area contributed by atoms with Crippen molar-refractivity contribution in [2.45, 2.75) is 20.3 Å². The summed E-state index contributed by atoms with van der Waals surface area (Å²) in [5.41, 5.74) is 3.49. The number of hydrogen-bond donors (Lipinski definition) is 1. The molecule has 5 heterocycles. The normalized spacial score (nSPS) is 11.1. The number of ether oxygens (including phenoxy) is 1. The average molecular weight is 487 g/mol. The molecule has 0 bridgehead atoms. The molecule has 5 rings (SSSR count). The lowest BCUT2D eigenvalue weighted by atomic mass is 10.1. The molecule has 12 heteroatoms. The molecular formula is C24H19F2N9O. The van der Waals surface area contributed by atoms with Gasteiger partial charge in [-0.05, 0) is 44.2 Å². The van der Waals surface area contributed by atoms with Crippen LogP contribution >= 0.6 is 0 Å². The molecule has 0 aliphatic heterocycles. The molecule has 0 atom stereocenters. The third kappa shape index (κ3) is 4.07. The number of anilines is 2. The summed E-state index contributed by atoms with van der Waals surface area (Å²) in [6.07, 6.45) is 0.638. The molecule has 0 saturated carbocycles. The van der Waals surface area contributed by atoms with E-state index in [0.717, 1.165) is 5.69 Å². The lowest BCUT2D eigenvalue weighted by molar-refractivity contribution is 0.145. The zero-order valence-electron chi connectivity index (χ0n) is 19.4. The van der Waals surface area contributed by atoms with E-state index >= 15 is 0 Å². The average Bonchev–Trinajstić information content (AvgIpc) is 3.47. The van der Waals surface area contributed by atoms with Gasteiger partial charge in [-0.25, -0.2) is 23.0 Å². The van der Waals surface area contributed by atoms with Crippen molar-refractivity contribution in [2.24, 2.45) is 0 Å². The van der Waals surface area contributed by atoms with Gasteiger partial charge in [-0.2, -0.15) is 20.6 Å². The molecule has 0 saturated heterocycles. The van der Waals surface area contributed by atoms with Crippen LogP contribution in [0.5, 0.6) is 5.75 Å². The van der Waals surface area contributed by atoms with Crippen LogP contribution in [0.3, 0.4) is 0 Å². The summed E-state index contributed by atoms with van der Waals surface area (Å²) >= 11 is 0. The zero-order valence-corrected chi connectivity index (χ0v) is 19.4. The first-order chi connectivity index (χ1) is 17.4. The molecule has 5 aromatic heterocycles. The van der Waals surface area contributed by atoms with E-state index in [1.807, 2.05) is 13.0 Å². The van der Waals surface area contributed by atoms with E-state index < -0.39 is 6.43 Å². The molecule has 0 amide bonds. The van der Waals surface area contributed by atoms with Crippen LogP contribution in [-0.2, 0) is 0 Å². The third-order valence-electron chi connectivity index (χ3n) is 5.50. The van der Waals surface area contributed by atoms with Crippen LogP contribution in [0, 0.1) is 25.2 Å². The Balaban J connectivity index is 1.59. The highest BCUT2D eigenvalue weighted by Crippen LogP contribution is 2.33. The predicted octanol–water partition coefficient (Wildman–Crippen LogP) is 4.55. The van der Waals surface area contributed by atoms with Crippen LogP contribution in [0.2, 0.25) is 0 Å². The molecule has 0 radical (unpaired) electrons. The summed E-state index contributed by atoms with van der Waals surface area (Å²) < 4.78 is 34.9. The summed E-state index contributed by atoms with van der Waals surface area (Å²) in [5.74, 6) is 1.23. The molecule has 36 heavy (non-hydrogen) atoms. The first kappa shape index (κ1) is 22.9. The SMILES string of the molecule is COc1cc2c(-c3ccc(C#N)c(-n4nc(C(F)F)cc4C)n3)cnn2cc1Nc1ccc(C)nn1. The maximum absolute atomic E-state index is 13.2. The zero-order chi connectivity index (χ0) is 25.4. The van der Waals surface area contributed by atoms with Gasteiger partial charge in [0.2, 0.25) is 0 Å². The number of nitrogens with zero attached hydrogens (tertiary/aromatic N) is 8. The highest BCUT2D eigenvalue weighted by molar-refractivity contribution is 5.81. The van der Waals surface area contributed by atoms with Gasteiger partial charge in [0.15, 0.2) is 11.6 Å². The second-order valence-electron chi connectivity index (χ2n) is 7.93. The van der Waals surface area contributed by atoms with Gasteiger partial charge in [0.05, 0.1) is 42.0 Å². The van der Waals surface area contributed by atoms with Crippen molar-refractivity contribution in [2.75, 3.05) is 12.4 Å². The minimum Gasteiger partial charge on any atom is -0.494 e. The fourth-order valence-corrected chi connectivity index (χ4v) is 3.74. The van der Waals surface area contributed by atoms with Crippen LogP contribution in [0.4, 0.5) is 20.3 Å². The number of aromatic nitrogens is 7. The maximum Gasteiger partial charge on any atom is 0.282 e. The molecule has 180 valence electrons. The Labute approximate surface area is 203 Å². The first-order valence-corrected chi connectivity index (χ1v) is 10.8. The molecule has 10 nitrogen and oxygen atoms in total. The topological polar surface area (TPSA) is 119 Å². The van der Waals surface area contributed by atoms with Crippen molar-refractivity contribution in [3.63, 3.8) is 0 Å². The monoisotopic (exact) mass is 487 g/mol. The highest BCUT2D eigenvalue weighted by Gasteiger charge is 2.19. The van der Waals surface area contributed by atoms with Crippen LogP contribution in [0.25, 0.3) is 22.6 Å². The second kappa shape index (κ2) is 9.03. The fraction of sp³-hybridized carbons (Fsp3) is 0.167. The van der Waals surface area contributed by atoms with Gasteiger partial charge < -0.3 is 10.1 Å². The van der Waals surface area contributed by atoms with Gasteiger partial charge in [-0.1, -0.05) is 0 Å². The standard InChI is InChI=1S/C24H19F2N9O/c1-13-4-7-22(32-31-13)29-19-12-34-20(9-21(19)36-3)16(11-28-34)17-6-5-15(10-27)24(30-17)35-14(2)8-18(33-35)23(25)26/h4-9,11-12,23H,1-3H3,(H,29,32). The summed E-state index contributed by atoms with van der Waals surface area (Å²) in [6.45, 7) is 3.48. The molecule has 0 aliphatic rings. The Morgan fingerprint density at radius 1 is 1.11 bits per heavy atom. The number of nitriles is 1. The van der Waals surface area contributed by atoms with Gasteiger partial charge in [-0.3, -0.25) is 0 Å². The summed E-state index contributed by atoms with van der Waals surface area (Å²) in [5, 5.41) is 29.3. The van der Waals surface area contributed by atoms with Crippen molar-refractivity contribution in [3.05, 3.63) is 71.4 Å². The van der Waals surface area contributed by atoms with E-state index in [9.17, 15) is 14.0 Å². The quantitative estimate of drug-likeness (QED) is 0.371. The van der Waals surface area contributed by atoms with Gasteiger partial charge in [0, 0.05) is 17.3 Å². The third-order valence-corrected chi connectivity index (χ3v) is 5.50. The Hall–Kier alpha value is -4.92. The molecule has 0 spiro atoms. The van der Waals surface area contributed by atoms with Crippen molar-refractivity contribution < 1.29 is 13.5 Å². The highest BCUT2D eigenvalue weighted by atomic mass is 19.3. The number of nitrogens with one attached hydrogen (secondary N) is 1. The first-order valence-electron chi connectivity index (χ1n) is 10.8. The number of methoxy groups -OCH3 is 1. The van der Waals surface area contributed by atoms with Crippen molar-refractivity contribution in [3.8, 4) is 28.9 Å². The number of pyridine rings is 2. The Morgan fingerprint density at radius 2 is 1.94 bits per heavy atom. The molecule has 1 N–H and O–H groups in total. The Kier molecular flexibility index (Phi) is 5.73. The van der Waals surface area contributed by atoms with E-state index in [1.54, 1.807) is 55.2 Å². The van der Waals surface area contributed by atoms with Crippen molar-refractivity contribution >= 4 is 17.0 Å². The van der Waals surface area contributed by atoms with Gasteiger partial charge >= 0.3 is 0 Å². The van der Waals surface area contributed by atoms with Crippen molar-refractivity contribution in [1.82, 2.24) is 34.6 Å². The van der Waals surface area contributed by atoms with Crippen LogP contribution < -0.4 is 10.1 Å². The van der Waals surface area contributed by atoms with Crippen LogP contribution in [-0.4, -0.2) is 41.7 Å². The molecule has 0 aromatic carbocycles. The Bertz CT molecular complexity index is 1620. The summed E-state index contributed by atoms with van der Waals surface area (Å²) in [7, 11) is 1.55. The minimum atomic E-state index is -2.74. The molecular weight excluding hydrogens is 468 g/mol. The van der Waals surface area contributed by atoms with Gasteiger partial charge in [-0.15, -0.1) is 5.10 Å². The van der Waals surface area contributed by atoms with Gasteiger partial charge in [0.25, 0.3) is 6.43 Å². The van der Waals surface area contributed by atoms with Gasteiger partial charge in [0.1, 0.15) is 23.2 Å². The smallest absolute Gasteiger partial charge is 0.282 e. The van der Waals surface area contributed by atoms with E-state index in [1.165, 1.54) is 10.7 Å². The maximum atomic E-state index is 13.2. The molecule has 5 aromatic rings. The van der Waals surface area contributed by atoms with E-state index in [4.69, 9.17) is 4.74 Å². The van der Waals surface area contributed by atoms with Crippen molar-refractivity contribution in [1.29, 1.82) is 5.26 Å². The number of alkyl halides is 2. The second-order valence-corrected chi connectivity index (χ2v) is 7.93. The summed E-state index contributed by atoms with van der Waals surface area (Å²) in [4.78, 5) is 4.60. The molecule has 0 unspecified atom stereocenters. The molecule has 0 aliphatic carbocycles. The van der Waals surface area contributed by atoms with E-state index in [2.05, 4.69) is 36.8 Å². The molecule has 0 fully saturated rings. The van der Waals surface area contributed by atoms with Crippen LogP contribution in [0.15, 0.2) is 48.8 Å². The lowest BCUT2D eigenvalue weighted by Crippen LogP contribution is -2.06. The number of hydrogen-bond acceptors (Lipinski definition) is 8. The Morgan fingerprint density at radius 3 is 2.61 bits per heavy atom. The number of halogens is 2. The minimum absolute atomic E-state index is 0.155. The van der Waals surface area contributed by atoms with E-state index in [0.29, 0.717) is 39.7 Å². The number of aryl methyl sites for hydroxylation is 2.